The van der Waals surface area contributed by atoms with Gasteiger partial charge in [-0.05, 0) is 61.9 Å². The quantitative estimate of drug-likeness (QED) is 0.649. The highest BCUT2D eigenvalue weighted by Gasteiger charge is 2.45. The van der Waals surface area contributed by atoms with Crippen LogP contribution in [0.5, 0.6) is 0 Å². The van der Waals surface area contributed by atoms with Gasteiger partial charge in [0.15, 0.2) is 0 Å². The van der Waals surface area contributed by atoms with Crippen molar-refractivity contribution in [2.75, 3.05) is 10.2 Å². The van der Waals surface area contributed by atoms with Crippen molar-refractivity contribution in [2.45, 2.75) is 43.6 Å². The number of nitrogens with zero attached hydrogens (tertiary/aromatic N) is 5. The summed E-state index contributed by atoms with van der Waals surface area (Å²) in [6.45, 7) is 7.26. The minimum Gasteiger partial charge on any atom is -0.322 e. The maximum absolute atomic E-state index is 13.5. The summed E-state index contributed by atoms with van der Waals surface area (Å²) in [6.07, 6.45) is 0. The number of carbonyl (C=O) groups excluding carboxylic acids is 2. The maximum atomic E-state index is 13.5. The van der Waals surface area contributed by atoms with Gasteiger partial charge in [-0.3, -0.25) is 14.5 Å². The molecule has 1 atom stereocenters. The van der Waals surface area contributed by atoms with Gasteiger partial charge in [-0.2, -0.15) is 4.68 Å². The Labute approximate surface area is 178 Å². The fraction of sp³-hybridized carbons (Fsp3) is 0.286. The van der Waals surface area contributed by atoms with E-state index in [1.807, 2.05) is 49.4 Å². The SMILES string of the molecule is Cc1ccccc1-n1nnnc1SC(C)C(=O)N1c2ccccc2NC(=O)C1(C)C. The summed E-state index contributed by atoms with van der Waals surface area (Å²) in [5, 5.41) is 14.9. The van der Waals surface area contributed by atoms with E-state index in [-0.39, 0.29) is 11.8 Å². The van der Waals surface area contributed by atoms with Crippen LogP contribution >= 0.6 is 11.8 Å². The van der Waals surface area contributed by atoms with Crippen LogP contribution in [-0.2, 0) is 9.59 Å². The molecule has 1 N–H and O–H groups in total. The minimum absolute atomic E-state index is 0.188. The van der Waals surface area contributed by atoms with Crippen LogP contribution in [0.3, 0.4) is 0 Å². The lowest BCUT2D eigenvalue weighted by Crippen LogP contribution is -2.60. The fourth-order valence-corrected chi connectivity index (χ4v) is 4.28. The summed E-state index contributed by atoms with van der Waals surface area (Å²) in [7, 11) is 0. The Bertz CT molecular complexity index is 1130. The minimum atomic E-state index is -1.03. The van der Waals surface area contributed by atoms with Gasteiger partial charge in [0, 0.05) is 0 Å². The molecule has 0 bridgehead atoms. The van der Waals surface area contributed by atoms with Crippen LogP contribution in [0, 0.1) is 6.92 Å². The van der Waals surface area contributed by atoms with Gasteiger partial charge in [-0.25, -0.2) is 0 Å². The second-order valence-electron chi connectivity index (χ2n) is 7.62. The Balaban J connectivity index is 1.65. The van der Waals surface area contributed by atoms with Gasteiger partial charge in [-0.15, -0.1) is 5.10 Å². The van der Waals surface area contributed by atoms with Gasteiger partial charge in [0.05, 0.1) is 22.3 Å². The number of hydrogen-bond acceptors (Lipinski definition) is 6. The Morgan fingerprint density at radius 3 is 2.50 bits per heavy atom. The van der Waals surface area contributed by atoms with Crippen molar-refractivity contribution in [3.63, 3.8) is 0 Å². The third-order valence-electron chi connectivity index (χ3n) is 5.14. The van der Waals surface area contributed by atoms with E-state index >= 15 is 0 Å². The highest BCUT2D eigenvalue weighted by Crippen LogP contribution is 2.38. The Hall–Kier alpha value is -3.20. The topological polar surface area (TPSA) is 93.0 Å². The molecule has 30 heavy (non-hydrogen) atoms. The van der Waals surface area contributed by atoms with Crippen LogP contribution in [0.2, 0.25) is 0 Å². The molecule has 0 saturated heterocycles. The van der Waals surface area contributed by atoms with E-state index < -0.39 is 10.8 Å². The number of carbonyl (C=O) groups is 2. The number of rotatable bonds is 4. The number of aromatic nitrogens is 4. The zero-order valence-electron chi connectivity index (χ0n) is 17.2. The summed E-state index contributed by atoms with van der Waals surface area (Å²) >= 11 is 1.26. The van der Waals surface area contributed by atoms with E-state index in [1.54, 1.807) is 36.4 Å². The summed E-state index contributed by atoms with van der Waals surface area (Å²) in [4.78, 5) is 27.7. The Morgan fingerprint density at radius 2 is 1.77 bits per heavy atom. The smallest absolute Gasteiger partial charge is 0.250 e. The molecule has 1 aliphatic rings. The van der Waals surface area contributed by atoms with E-state index in [2.05, 4.69) is 20.8 Å². The van der Waals surface area contributed by atoms with Crippen molar-refractivity contribution in [3.8, 4) is 5.69 Å². The first-order chi connectivity index (χ1) is 14.3. The van der Waals surface area contributed by atoms with Gasteiger partial charge in [-0.1, -0.05) is 42.1 Å². The average molecular weight is 423 g/mol. The molecule has 8 nitrogen and oxygen atoms in total. The van der Waals surface area contributed by atoms with Gasteiger partial charge in [0.2, 0.25) is 17.0 Å². The first-order valence-electron chi connectivity index (χ1n) is 9.56. The lowest BCUT2D eigenvalue weighted by Gasteiger charge is -2.43. The maximum Gasteiger partial charge on any atom is 0.250 e. The van der Waals surface area contributed by atoms with Crippen LogP contribution in [0.25, 0.3) is 5.69 Å². The number of hydrogen-bond donors (Lipinski definition) is 1. The molecule has 0 spiro atoms. The van der Waals surface area contributed by atoms with E-state index in [0.29, 0.717) is 16.5 Å². The molecule has 0 fully saturated rings. The molecule has 0 saturated carbocycles. The van der Waals surface area contributed by atoms with Crippen molar-refractivity contribution >= 4 is 35.0 Å². The Kier molecular flexibility index (Phi) is 5.07. The van der Waals surface area contributed by atoms with Crippen LogP contribution < -0.4 is 10.2 Å². The number of amides is 2. The highest BCUT2D eigenvalue weighted by atomic mass is 32.2. The standard InChI is InChI=1S/C21H22N6O2S/c1-13-9-5-7-11-16(13)27-20(23-24-25-27)30-14(2)18(28)26-17-12-8-6-10-15(17)22-19(29)21(26,3)4/h5-12,14H,1-4H3,(H,22,29). The van der Waals surface area contributed by atoms with Crippen LogP contribution in [-0.4, -0.2) is 42.8 Å². The molecular formula is C21H22N6O2S. The molecule has 1 unspecified atom stereocenters. The zero-order valence-corrected chi connectivity index (χ0v) is 18.0. The van der Waals surface area contributed by atoms with Gasteiger partial charge >= 0.3 is 0 Å². The van der Waals surface area contributed by atoms with Gasteiger partial charge in [0.1, 0.15) is 5.54 Å². The van der Waals surface area contributed by atoms with Gasteiger partial charge < -0.3 is 5.32 Å². The summed E-state index contributed by atoms with van der Waals surface area (Å²) in [6, 6.07) is 15.1. The highest BCUT2D eigenvalue weighted by molar-refractivity contribution is 8.00. The van der Waals surface area contributed by atoms with E-state index in [1.165, 1.54) is 11.8 Å². The summed E-state index contributed by atoms with van der Waals surface area (Å²) in [5.74, 6) is -0.414. The van der Waals surface area contributed by atoms with Crippen molar-refractivity contribution in [1.29, 1.82) is 0 Å². The molecule has 0 aliphatic carbocycles. The molecule has 154 valence electrons. The molecule has 2 aromatic carbocycles. The molecule has 1 aliphatic heterocycles. The van der Waals surface area contributed by atoms with Crippen molar-refractivity contribution in [3.05, 3.63) is 54.1 Å². The van der Waals surface area contributed by atoms with E-state index in [9.17, 15) is 9.59 Å². The molecule has 3 aromatic rings. The number of anilines is 2. The first kappa shape index (κ1) is 20.1. The number of benzene rings is 2. The monoisotopic (exact) mass is 422 g/mol. The number of para-hydroxylation sites is 3. The third-order valence-corrected chi connectivity index (χ3v) is 6.16. The molecule has 0 radical (unpaired) electrons. The number of thioether (sulfide) groups is 1. The molecule has 4 rings (SSSR count). The largest absolute Gasteiger partial charge is 0.322 e. The zero-order chi connectivity index (χ0) is 21.5. The number of nitrogens with one attached hydrogen (secondary N) is 1. The molecule has 2 heterocycles. The van der Waals surface area contributed by atoms with Crippen LogP contribution in [0.1, 0.15) is 26.3 Å². The van der Waals surface area contributed by atoms with Crippen LogP contribution in [0.15, 0.2) is 53.7 Å². The number of tetrazole rings is 1. The summed E-state index contributed by atoms with van der Waals surface area (Å²) < 4.78 is 1.63. The number of fused-ring (bicyclic) bond motifs is 1. The van der Waals surface area contributed by atoms with Crippen molar-refractivity contribution < 1.29 is 9.59 Å². The second-order valence-corrected chi connectivity index (χ2v) is 8.93. The summed E-state index contributed by atoms with van der Waals surface area (Å²) in [5.41, 5.74) is 2.15. The Morgan fingerprint density at radius 1 is 1.10 bits per heavy atom. The molecule has 9 heteroatoms. The second kappa shape index (κ2) is 7.56. The fourth-order valence-electron chi connectivity index (χ4n) is 3.44. The lowest BCUT2D eigenvalue weighted by molar-refractivity contribution is -0.126. The predicted molar refractivity (Wildman–Crippen MR) is 116 cm³/mol. The van der Waals surface area contributed by atoms with E-state index in [4.69, 9.17) is 0 Å². The molecule has 1 aromatic heterocycles. The number of aryl methyl sites for hydroxylation is 1. The van der Waals surface area contributed by atoms with E-state index in [0.717, 1.165) is 11.3 Å². The molecule has 2 amide bonds. The van der Waals surface area contributed by atoms with Gasteiger partial charge in [0.25, 0.3) is 0 Å². The molecular weight excluding hydrogens is 400 g/mol. The van der Waals surface area contributed by atoms with Crippen LogP contribution in [0.4, 0.5) is 11.4 Å². The normalized spacial score (nSPS) is 16.0. The predicted octanol–water partition coefficient (Wildman–Crippen LogP) is 3.22. The lowest BCUT2D eigenvalue weighted by atomic mass is 9.96. The average Bonchev–Trinajstić information content (AvgIpc) is 3.16. The van der Waals surface area contributed by atoms with Crippen molar-refractivity contribution in [2.24, 2.45) is 0 Å². The van der Waals surface area contributed by atoms with Crippen molar-refractivity contribution in [1.82, 2.24) is 20.2 Å². The first-order valence-corrected chi connectivity index (χ1v) is 10.4. The third kappa shape index (κ3) is 3.35.